The third kappa shape index (κ3) is 3.88. The Morgan fingerprint density at radius 2 is 2.00 bits per heavy atom. The fraction of sp³-hybridized carbons (Fsp3) is 0.273. The van der Waals surface area contributed by atoms with Crippen LogP contribution in [0.5, 0.6) is 0 Å². The van der Waals surface area contributed by atoms with Gasteiger partial charge in [-0.25, -0.2) is 19.0 Å². The van der Waals surface area contributed by atoms with E-state index in [1.165, 1.54) is 23.5 Å². The molecule has 4 aromatic rings. The summed E-state index contributed by atoms with van der Waals surface area (Å²) in [7, 11) is 0. The summed E-state index contributed by atoms with van der Waals surface area (Å²) in [4.78, 5) is 25.3. The van der Waals surface area contributed by atoms with Crippen molar-refractivity contribution < 1.29 is 9.18 Å². The van der Waals surface area contributed by atoms with Gasteiger partial charge >= 0.3 is 0 Å². The summed E-state index contributed by atoms with van der Waals surface area (Å²) in [5.74, 6) is 0.308. The molecule has 3 aromatic heterocycles. The highest BCUT2D eigenvalue weighted by Crippen LogP contribution is 2.30. The molecule has 5 rings (SSSR count). The van der Waals surface area contributed by atoms with Crippen LogP contribution in [0, 0.1) is 12.7 Å². The Balaban J connectivity index is 1.35. The highest BCUT2D eigenvalue weighted by molar-refractivity contribution is 7.20. The molecule has 7 nitrogen and oxygen atoms in total. The number of aryl methyl sites for hydroxylation is 1. The molecule has 1 aromatic carbocycles. The molecule has 31 heavy (non-hydrogen) atoms. The topological polar surface area (TPSA) is 75.9 Å². The van der Waals surface area contributed by atoms with Gasteiger partial charge in [-0.05, 0) is 56.2 Å². The molecule has 0 aliphatic carbocycles. The van der Waals surface area contributed by atoms with Gasteiger partial charge in [-0.15, -0.1) is 11.3 Å². The zero-order valence-electron chi connectivity index (χ0n) is 17.0. The number of fused-ring (bicyclic) bond motifs is 1. The molecule has 0 spiro atoms. The lowest BCUT2D eigenvalue weighted by molar-refractivity contribution is 0.0937. The van der Waals surface area contributed by atoms with Gasteiger partial charge in [0.05, 0.1) is 16.3 Å². The highest BCUT2D eigenvalue weighted by Gasteiger charge is 2.25. The summed E-state index contributed by atoms with van der Waals surface area (Å²) in [5.41, 5.74) is 1.60. The fourth-order valence-corrected chi connectivity index (χ4v) is 4.99. The van der Waals surface area contributed by atoms with Gasteiger partial charge in [-0.3, -0.25) is 4.79 Å². The highest BCUT2D eigenvalue weighted by atomic mass is 32.1. The molecule has 9 heteroatoms. The maximum atomic E-state index is 13.3. The van der Waals surface area contributed by atoms with Crippen molar-refractivity contribution in [2.75, 3.05) is 18.0 Å². The van der Waals surface area contributed by atoms with Crippen LogP contribution in [0.25, 0.3) is 15.9 Å². The number of nitrogens with one attached hydrogen (secondary N) is 1. The first-order valence-corrected chi connectivity index (χ1v) is 11.0. The monoisotopic (exact) mass is 436 g/mol. The molecule has 1 atom stereocenters. The maximum absolute atomic E-state index is 13.3. The summed E-state index contributed by atoms with van der Waals surface area (Å²) in [6.07, 6.45) is 5.35. The normalized spacial score (nSPS) is 16.6. The van der Waals surface area contributed by atoms with E-state index in [2.05, 4.69) is 25.3 Å². The van der Waals surface area contributed by atoms with E-state index in [4.69, 9.17) is 0 Å². The molecule has 1 amide bonds. The van der Waals surface area contributed by atoms with Crippen molar-refractivity contribution in [2.24, 2.45) is 0 Å². The zero-order chi connectivity index (χ0) is 21.4. The third-order valence-corrected chi connectivity index (χ3v) is 6.54. The number of hydrogen-bond donors (Lipinski definition) is 1. The van der Waals surface area contributed by atoms with Crippen LogP contribution in [-0.4, -0.2) is 44.8 Å². The summed E-state index contributed by atoms with van der Waals surface area (Å²) in [5, 5.41) is 8.66. The Labute approximate surface area is 182 Å². The first-order valence-electron chi connectivity index (χ1n) is 10.2. The molecule has 1 N–H and O–H groups in total. The van der Waals surface area contributed by atoms with E-state index in [0.29, 0.717) is 17.4 Å². The second kappa shape index (κ2) is 8.07. The van der Waals surface area contributed by atoms with E-state index in [1.54, 1.807) is 35.3 Å². The standard InChI is InChI=1S/C22H21FN6OS/c1-14-18-12-19(31-21(18)29(27-14)17-7-5-15(23)6-8-17)20(30)26-16-4-2-11-28(13-16)22-24-9-3-10-25-22/h3,5-10,12,16H,2,4,11,13H2,1H3,(H,26,30). The van der Waals surface area contributed by atoms with Crippen LogP contribution >= 0.6 is 11.3 Å². The molecule has 1 aliphatic rings. The Hall–Kier alpha value is -3.33. The van der Waals surface area contributed by atoms with Crippen molar-refractivity contribution in [3.63, 3.8) is 0 Å². The van der Waals surface area contributed by atoms with Crippen LogP contribution in [0.4, 0.5) is 10.3 Å². The molecule has 0 bridgehead atoms. The van der Waals surface area contributed by atoms with Crippen LogP contribution in [0.2, 0.25) is 0 Å². The predicted molar refractivity (Wildman–Crippen MR) is 118 cm³/mol. The number of halogens is 1. The number of carbonyl (C=O) groups is 1. The molecule has 0 saturated carbocycles. The van der Waals surface area contributed by atoms with Crippen LogP contribution in [-0.2, 0) is 0 Å². The first-order chi connectivity index (χ1) is 15.1. The number of carbonyl (C=O) groups excluding carboxylic acids is 1. The molecule has 158 valence electrons. The van der Waals surface area contributed by atoms with E-state index in [1.807, 2.05) is 13.0 Å². The lowest BCUT2D eigenvalue weighted by Gasteiger charge is -2.32. The number of amides is 1. The maximum Gasteiger partial charge on any atom is 0.261 e. The number of piperidine rings is 1. The van der Waals surface area contributed by atoms with Gasteiger partial charge in [-0.1, -0.05) is 0 Å². The Morgan fingerprint density at radius 1 is 1.23 bits per heavy atom. The van der Waals surface area contributed by atoms with Crippen LogP contribution in [0.15, 0.2) is 48.8 Å². The second-order valence-corrected chi connectivity index (χ2v) is 8.64. The van der Waals surface area contributed by atoms with Crippen molar-refractivity contribution in [2.45, 2.75) is 25.8 Å². The van der Waals surface area contributed by atoms with Crippen LogP contribution in [0.3, 0.4) is 0 Å². The Morgan fingerprint density at radius 3 is 2.77 bits per heavy atom. The van der Waals surface area contributed by atoms with Crippen molar-refractivity contribution in [1.82, 2.24) is 25.1 Å². The molecule has 1 saturated heterocycles. The summed E-state index contributed by atoms with van der Waals surface area (Å²) >= 11 is 1.39. The van der Waals surface area contributed by atoms with Crippen molar-refractivity contribution in [1.29, 1.82) is 0 Å². The van der Waals surface area contributed by atoms with Crippen LogP contribution in [0.1, 0.15) is 28.2 Å². The number of benzene rings is 1. The van der Waals surface area contributed by atoms with Gasteiger partial charge in [-0.2, -0.15) is 5.10 Å². The van der Waals surface area contributed by atoms with Crippen molar-refractivity contribution >= 4 is 33.4 Å². The summed E-state index contributed by atoms with van der Waals surface area (Å²) in [6, 6.07) is 9.90. The van der Waals surface area contributed by atoms with Gasteiger partial charge in [0, 0.05) is 36.9 Å². The minimum atomic E-state index is -0.294. The van der Waals surface area contributed by atoms with Crippen molar-refractivity contribution in [3.8, 4) is 5.69 Å². The molecule has 1 unspecified atom stereocenters. The minimum absolute atomic E-state index is 0.0324. The number of hydrogen-bond acceptors (Lipinski definition) is 6. The van der Waals surface area contributed by atoms with E-state index in [9.17, 15) is 9.18 Å². The van der Waals surface area contributed by atoms with Gasteiger partial charge in [0.1, 0.15) is 10.6 Å². The van der Waals surface area contributed by atoms with Crippen LogP contribution < -0.4 is 10.2 Å². The zero-order valence-corrected chi connectivity index (χ0v) is 17.8. The lowest BCUT2D eigenvalue weighted by Crippen LogP contribution is -2.48. The summed E-state index contributed by atoms with van der Waals surface area (Å²) < 4.78 is 15.1. The number of anilines is 1. The minimum Gasteiger partial charge on any atom is -0.347 e. The lowest BCUT2D eigenvalue weighted by atomic mass is 10.1. The fourth-order valence-electron chi connectivity index (χ4n) is 3.90. The molecule has 4 heterocycles. The largest absolute Gasteiger partial charge is 0.347 e. The van der Waals surface area contributed by atoms with Crippen molar-refractivity contribution in [3.05, 3.63) is 65.2 Å². The summed E-state index contributed by atoms with van der Waals surface area (Å²) in [6.45, 7) is 3.48. The molecular weight excluding hydrogens is 415 g/mol. The van der Waals surface area contributed by atoms with Gasteiger partial charge in [0.25, 0.3) is 5.91 Å². The average Bonchev–Trinajstić information content (AvgIpc) is 3.36. The van der Waals surface area contributed by atoms with E-state index in [0.717, 1.165) is 41.0 Å². The number of thiophene rings is 1. The average molecular weight is 437 g/mol. The number of rotatable bonds is 4. The predicted octanol–water partition coefficient (Wildman–Crippen LogP) is 3.72. The first kappa shape index (κ1) is 19.6. The van der Waals surface area contributed by atoms with Gasteiger partial charge in [0.2, 0.25) is 5.95 Å². The SMILES string of the molecule is Cc1nn(-c2ccc(F)cc2)c2sc(C(=O)NC3CCCN(c4ncccn4)C3)cc12. The molecule has 1 aliphatic heterocycles. The Kier molecular flexibility index (Phi) is 5.11. The van der Waals surface area contributed by atoms with Gasteiger partial charge in [0.15, 0.2) is 0 Å². The number of aromatic nitrogens is 4. The van der Waals surface area contributed by atoms with E-state index in [-0.39, 0.29) is 17.8 Å². The molecule has 1 fully saturated rings. The van der Waals surface area contributed by atoms with E-state index < -0.39 is 0 Å². The van der Waals surface area contributed by atoms with E-state index >= 15 is 0 Å². The second-order valence-electron chi connectivity index (χ2n) is 7.61. The molecular formula is C22H21FN6OS. The quantitative estimate of drug-likeness (QED) is 0.528. The smallest absolute Gasteiger partial charge is 0.261 e. The molecule has 0 radical (unpaired) electrons. The number of nitrogens with zero attached hydrogens (tertiary/aromatic N) is 5. The van der Waals surface area contributed by atoms with Gasteiger partial charge < -0.3 is 10.2 Å². The third-order valence-electron chi connectivity index (χ3n) is 5.43. The Bertz CT molecular complexity index is 1220.